The number of hydrogen-bond donors (Lipinski definition) is 0. The average molecular weight is 534 g/mol. The minimum absolute atomic E-state index is 0. The van der Waals surface area contributed by atoms with E-state index in [2.05, 4.69) is 44.7 Å². The number of nitrogens with zero attached hydrogens (tertiary/aromatic N) is 1. The fourth-order valence-electron chi connectivity index (χ4n) is 6.01. The van der Waals surface area contributed by atoms with E-state index in [1.807, 2.05) is 0 Å². The number of rotatable bonds is 12. The first-order chi connectivity index (χ1) is 17.4. The van der Waals surface area contributed by atoms with Gasteiger partial charge in [0.15, 0.2) is 0 Å². The van der Waals surface area contributed by atoms with Gasteiger partial charge in [-0.25, -0.2) is 0 Å². The smallest absolute Gasteiger partial charge is 0.311 e. The number of morpholine rings is 1. The van der Waals surface area contributed by atoms with Crippen LogP contribution in [0.5, 0.6) is 11.5 Å². The molecular weight excluding hydrogens is 486 g/mol. The van der Waals surface area contributed by atoms with E-state index < -0.39 is 0 Å². The highest BCUT2D eigenvalue weighted by Crippen LogP contribution is 2.52. The minimum Gasteiger partial charge on any atom is -0.483 e. The number of unbranched alkanes of at least 4 members (excludes halogenated alkanes) is 2. The van der Waals surface area contributed by atoms with Crippen molar-refractivity contribution in [3.63, 3.8) is 0 Å². The van der Waals surface area contributed by atoms with Crippen molar-refractivity contribution in [3.05, 3.63) is 28.8 Å². The van der Waals surface area contributed by atoms with Gasteiger partial charge in [-0.15, -0.1) is 12.4 Å². The molecule has 0 spiro atoms. The molecule has 0 aromatic heterocycles. The zero-order valence-corrected chi connectivity index (χ0v) is 24.4. The van der Waals surface area contributed by atoms with Gasteiger partial charge in [0.1, 0.15) is 17.1 Å². The van der Waals surface area contributed by atoms with E-state index in [9.17, 15) is 4.79 Å². The van der Waals surface area contributed by atoms with Crippen LogP contribution in [0, 0.1) is 5.92 Å². The number of fused-ring (bicyclic) bond motifs is 2. The van der Waals surface area contributed by atoms with Crippen LogP contribution in [-0.4, -0.2) is 49.3 Å². The molecule has 1 unspecified atom stereocenters. The highest BCUT2D eigenvalue weighted by Gasteiger charge is 2.39. The van der Waals surface area contributed by atoms with Gasteiger partial charge >= 0.3 is 5.97 Å². The van der Waals surface area contributed by atoms with Crippen LogP contribution in [-0.2, 0) is 16.0 Å². The van der Waals surface area contributed by atoms with Crippen LogP contribution >= 0.6 is 12.4 Å². The third-order valence-corrected chi connectivity index (χ3v) is 8.15. The Bertz CT molecular complexity index is 935. The number of carbonyl (C=O) groups is 1. The summed E-state index contributed by atoms with van der Waals surface area (Å²) in [6, 6.07) is 4.34. The van der Waals surface area contributed by atoms with Gasteiger partial charge in [-0.1, -0.05) is 39.5 Å². The summed E-state index contributed by atoms with van der Waals surface area (Å²) in [6.45, 7) is 13.4. The molecule has 0 saturated carbocycles. The molecule has 0 radical (unpaired) electrons. The number of ether oxygens (including phenoxy) is 3. The molecule has 1 aromatic carbocycles. The number of benzene rings is 1. The van der Waals surface area contributed by atoms with E-state index >= 15 is 0 Å². The Labute approximate surface area is 230 Å². The highest BCUT2D eigenvalue weighted by atomic mass is 35.5. The summed E-state index contributed by atoms with van der Waals surface area (Å²) in [4.78, 5) is 15.3. The number of carbonyl (C=O) groups excluding carboxylic acids is 1. The molecule has 1 aromatic rings. The van der Waals surface area contributed by atoms with Crippen LogP contribution in [0.3, 0.4) is 0 Å². The molecule has 208 valence electrons. The molecule has 0 N–H and O–H groups in total. The van der Waals surface area contributed by atoms with E-state index in [1.54, 1.807) is 0 Å². The predicted molar refractivity (Wildman–Crippen MR) is 153 cm³/mol. The molecule has 1 saturated heterocycles. The Hall–Kier alpha value is -1.56. The SMILES string of the molecule is CCCCCC(C)CCc1cc(OC(=O)CCCN2CCOCC2)c2c(c1)OC(C)(C)C1=C2CCC1.Cl. The van der Waals surface area contributed by atoms with Gasteiger partial charge in [0.25, 0.3) is 0 Å². The summed E-state index contributed by atoms with van der Waals surface area (Å²) in [5, 5.41) is 0. The molecule has 1 aliphatic carbocycles. The summed E-state index contributed by atoms with van der Waals surface area (Å²) in [7, 11) is 0. The van der Waals surface area contributed by atoms with Crippen molar-refractivity contribution in [2.45, 2.75) is 104 Å². The van der Waals surface area contributed by atoms with Gasteiger partial charge in [-0.2, -0.15) is 0 Å². The van der Waals surface area contributed by atoms with Crippen molar-refractivity contribution in [2.24, 2.45) is 5.92 Å². The maximum absolute atomic E-state index is 13.0. The molecule has 0 bridgehead atoms. The van der Waals surface area contributed by atoms with Gasteiger partial charge in [0, 0.05) is 19.5 Å². The van der Waals surface area contributed by atoms with Crippen LogP contribution < -0.4 is 9.47 Å². The highest BCUT2D eigenvalue weighted by molar-refractivity contribution is 5.85. The van der Waals surface area contributed by atoms with Gasteiger partial charge < -0.3 is 14.2 Å². The zero-order chi connectivity index (χ0) is 25.5. The summed E-state index contributed by atoms with van der Waals surface area (Å²) in [5.74, 6) is 2.16. The second kappa shape index (κ2) is 14.0. The largest absolute Gasteiger partial charge is 0.483 e. The van der Waals surface area contributed by atoms with E-state index in [-0.39, 0.29) is 24.0 Å². The molecule has 3 aliphatic rings. The van der Waals surface area contributed by atoms with Crippen molar-refractivity contribution in [1.82, 2.24) is 4.90 Å². The minimum atomic E-state index is -0.301. The lowest BCUT2D eigenvalue weighted by Gasteiger charge is -2.35. The van der Waals surface area contributed by atoms with Crippen molar-refractivity contribution in [2.75, 3.05) is 32.8 Å². The lowest BCUT2D eigenvalue weighted by Crippen LogP contribution is -2.37. The molecule has 5 nitrogen and oxygen atoms in total. The number of esters is 1. The quantitative estimate of drug-likeness (QED) is 0.159. The lowest BCUT2D eigenvalue weighted by molar-refractivity contribution is -0.134. The molecule has 1 atom stereocenters. The number of allylic oxidation sites excluding steroid dienone is 1. The Kier molecular flexibility index (Phi) is 11.4. The molecule has 2 heterocycles. The molecule has 0 amide bonds. The van der Waals surface area contributed by atoms with Crippen LogP contribution in [0.4, 0.5) is 0 Å². The van der Waals surface area contributed by atoms with Crippen LogP contribution in [0.25, 0.3) is 5.57 Å². The standard InChI is InChI=1S/C31H47NO4.ClH/c1-5-6-7-10-23(2)14-15-24-21-27(35-29(33)13-9-16-32-17-19-34-20-18-32)30-25-11-8-12-26(25)31(3,4)36-28(30)22-24;/h21-23H,5-20H2,1-4H3;1H. The predicted octanol–water partition coefficient (Wildman–Crippen LogP) is 7.38. The Balaban J connectivity index is 0.00000380. The maximum atomic E-state index is 13.0. The number of hydrogen-bond acceptors (Lipinski definition) is 5. The molecule has 2 aliphatic heterocycles. The van der Waals surface area contributed by atoms with E-state index in [0.717, 1.165) is 82.7 Å². The summed E-state index contributed by atoms with van der Waals surface area (Å²) in [5.41, 5.74) is 4.66. The number of halogens is 1. The molecule has 37 heavy (non-hydrogen) atoms. The normalized spacial score (nSPS) is 19.5. The van der Waals surface area contributed by atoms with E-state index in [0.29, 0.717) is 18.1 Å². The average Bonchev–Trinajstić information content (AvgIpc) is 3.34. The molecule has 4 rings (SSSR count). The fraction of sp³-hybridized carbons (Fsp3) is 0.710. The Morgan fingerprint density at radius 1 is 1.11 bits per heavy atom. The third-order valence-electron chi connectivity index (χ3n) is 8.15. The topological polar surface area (TPSA) is 48.0 Å². The van der Waals surface area contributed by atoms with Crippen LogP contribution in [0.2, 0.25) is 0 Å². The van der Waals surface area contributed by atoms with Gasteiger partial charge in [-0.05, 0) is 93.7 Å². The van der Waals surface area contributed by atoms with Crippen molar-refractivity contribution < 1.29 is 19.0 Å². The molecule has 6 heteroatoms. The summed E-state index contributed by atoms with van der Waals surface area (Å²) < 4.78 is 18.1. The Morgan fingerprint density at radius 2 is 1.89 bits per heavy atom. The summed E-state index contributed by atoms with van der Waals surface area (Å²) in [6.07, 6.45) is 11.8. The monoisotopic (exact) mass is 533 g/mol. The Morgan fingerprint density at radius 3 is 2.65 bits per heavy atom. The van der Waals surface area contributed by atoms with Crippen molar-refractivity contribution >= 4 is 23.9 Å². The van der Waals surface area contributed by atoms with Crippen LogP contribution in [0.1, 0.15) is 103 Å². The third kappa shape index (κ3) is 7.97. The first-order valence-corrected chi connectivity index (χ1v) is 14.5. The van der Waals surface area contributed by atoms with Gasteiger partial charge in [0.05, 0.1) is 18.8 Å². The lowest BCUT2D eigenvalue weighted by atomic mass is 9.86. The van der Waals surface area contributed by atoms with Crippen molar-refractivity contribution in [1.29, 1.82) is 0 Å². The fourth-order valence-corrected chi connectivity index (χ4v) is 6.01. The zero-order valence-electron chi connectivity index (χ0n) is 23.5. The number of aryl methyl sites for hydroxylation is 1. The van der Waals surface area contributed by atoms with Crippen molar-refractivity contribution in [3.8, 4) is 11.5 Å². The maximum Gasteiger partial charge on any atom is 0.311 e. The summed E-state index contributed by atoms with van der Waals surface area (Å²) >= 11 is 0. The van der Waals surface area contributed by atoms with Crippen LogP contribution in [0.15, 0.2) is 17.7 Å². The molecule has 1 fully saturated rings. The first kappa shape index (κ1) is 30.0. The second-order valence-electron chi connectivity index (χ2n) is 11.6. The van der Waals surface area contributed by atoms with E-state index in [1.165, 1.54) is 42.4 Å². The van der Waals surface area contributed by atoms with E-state index in [4.69, 9.17) is 14.2 Å². The molecular formula is C31H48ClNO4. The first-order valence-electron chi connectivity index (χ1n) is 14.5. The van der Waals surface area contributed by atoms with Gasteiger partial charge in [0.2, 0.25) is 0 Å². The second-order valence-corrected chi connectivity index (χ2v) is 11.6. The van der Waals surface area contributed by atoms with Gasteiger partial charge in [-0.3, -0.25) is 9.69 Å².